The molecule has 1 aliphatic rings. The largest absolute Gasteiger partial charge is 0.452 e. The van der Waals surface area contributed by atoms with Crippen LogP contribution in [0.4, 0.5) is 0 Å². The first kappa shape index (κ1) is 16.3. The van der Waals surface area contributed by atoms with Crippen LogP contribution < -0.4 is 5.48 Å². The van der Waals surface area contributed by atoms with Gasteiger partial charge in [-0.05, 0) is 18.2 Å². The Morgan fingerprint density at radius 1 is 1.00 bits per heavy atom. The van der Waals surface area contributed by atoms with Crippen LogP contribution in [0.3, 0.4) is 0 Å². The second kappa shape index (κ2) is 13.6. The summed E-state index contributed by atoms with van der Waals surface area (Å²) < 4.78 is 13.5. The molecule has 1 N–H and O–H groups in total. The van der Waals surface area contributed by atoms with E-state index in [0.29, 0.717) is 8.43 Å². The van der Waals surface area contributed by atoms with Crippen LogP contribution in [0, 0.1) is 0 Å². The fraction of sp³-hybridized carbons (Fsp3) is 0. The van der Waals surface area contributed by atoms with Gasteiger partial charge in [0.1, 0.15) is 18.8 Å². The van der Waals surface area contributed by atoms with E-state index in [9.17, 15) is 0 Å². The van der Waals surface area contributed by atoms with E-state index in [1.165, 1.54) is 18.9 Å². The molecule has 1 aliphatic heterocycles. The van der Waals surface area contributed by atoms with Crippen LogP contribution in [0.15, 0.2) is 93.3 Å². The standard InChI is InChI=1S/C4H5NO.2C3H3NO.C3H3OP/c1-2-4-6-5-3-1;1-2-5-3-4-1;2*1-2-4-5-3-1/h1-5H;3*1-3H/p+1. The summed E-state index contributed by atoms with van der Waals surface area (Å²) in [5.41, 5.74) is 2.52. The van der Waals surface area contributed by atoms with Gasteiger partial charge in [-0.25, -0.2) is 10.5 Å². The van der Waals surface area contributed by atoms with Crippen molar-refractivity contribution in [3.8, 4) is 0 Å². The Bertz CT molecular complexity index is 410. The summed E-state index contributed by atoms with van der Waals surface area (Å²) in [5.74, 6) is 1.99. The second-order valence-corrected chi connectivity index (χ2v) is 3.82. The van der Waals surface area contributed by atoms with E-state index in [1.54, 1.807) is 43.3 Å². The molecule has 1 unspecified atom stereocenters. The summed E-state index contributed by atoms with van der Waals surface area (Å²) in [5, 5.41) is 3.35. The molecule has 0 fully saturated rings. The maximum Gasteiger partial charge on any atom is 0.292 e. The highest BCUT2D eigenvalue weighted by molar-refractivity contribution is 7.22. The van der Waals surface area contributed by atoms with Crippen molar-refractivity contribution in [2.75, 3.05) is 0 Å². The Kier molecular flexibility index (Phi) is 10.6. The number of rotatable bonds is 0. The van der Waals surface area contributed by atoms with E-state index < -0.39 is 0 Å². The summed E-state index contributed by atoms with van der Waals surface area (Å²) in [6.45, 7) is 0. The Morgan fingerprint density at radius 3 is 2.19 bits per heavy atom. The Morgan fingerprint density at radius 2 is 2.00 bits per heavy atom. The minimum Gasteiger partial charge on any atom is -0.452 e. The average Bonchev–Trinajstić information content (AvgIpc) is 3.38. The number of hydroxylamine groups is 1. The molecule has 21 heavy (non-hydrogen) atoms. The SMILES string of the molecule is C1=CNOC=C1.c1cnoc1.c1co[pH+]c1.c1cocn1. The number of hydrogen-bond acceptors (Lipinski definition) is 7. The number of hydrogen-bond donors (Lipinski definition) is 1. The topological polar surface area (TPSA) is 86.5 Å². The van der Waals surface area contributed by atoms with Gasteiger partial charge in [-0.15, -0.1) is 0 Å². The Hall–Kier alpha value is -2.79. The predicted molar refractivity (Wildman–Crippen MR) is 78.1 cm³/mol. The van der Waals surface area contributed by atoms with Gasteiger partial charge in [-0.3, -0.25) is 0 Å². The lowest BCUT2D eigenvalue weighted by atomic mass is 10.6. The summed E-state index contributed by atoms with van der Waals surface area (Å²) >= 11 is 0. The van der Waals surface area contributed by atoms with Crippen LogP contribution in [-0.4, -0.2) is 10.1 Å². The zero-order valence-electron chi connectivity index (χ0n) is 11.0. The summed E-state index contributed by atoms with van der Waals surface area (Å²) in [4.78, 5) is 8.11. The van der Waals surface area contributed by atoms with Crippen LogP contribution in [0.5, 0.6) is 0 Å². The molecule has 8 heteroatoms. The van der Waals surface area contributed by atoms with Gasteiger partial charge in [-0.1, -0.05) is 5.16 Å². The van der Waals surface area contributed by atoms with E-state index >= 15 is 0 Å². The smallest absolute Gasteiger partial charge is 0.292 e. The highest BCUT2D eigenvalue weighted by atomic mass is 31.1. The highest BCUT2D eigenvalue weighted by Gasteiger charge is 1.73. The molecule has 0 aliphatic carbocycles. The third-order valence-electron chi connectivity index (χ3n) is 1.56. The fourth-order valence-corrected chi connectivity index (χ4v) is 1.20. The average molecular weight is 308 g/mol. The van der Waals surface area contributed by atoms with Crippen molar-refractivity contribution < 1.29 is 18.0 Å². The van der Waals surface area contributed by atoms with Crippen molar-refractivity contribution in [3.05, 3.63) is 80.1 Å². The normalized spacial score (nSPS) is 10.7. The van der Waals surface area contributed by atoms with Crippen LogP contribution in [0.25, 0.3) is 0 Å². The second-order valence-electron chi connectivity index (χ2n) is 3.02. The maximum absolute atomic E-state index is 4.74. The molecule has 7 nitrogen and oxygen atoms in total. The van der Waals surface area contributed by atoms with Crippen LogP contribution in [-0.2, 0) is 4.84 Å². The van der Waals surface area contributed by atoms with E-state index in [0.717, 1.165) is 0 Å². The molecule has 3 aromatic rings. The summed E-state index contributed by atoms with van der Waals surface area (Å²) in [7, 11) is 0.573. The third kappa shape index (κ3) is 12.0. The first-order valence-electron chi connectivity index (χ1n) is 5.79. The van der Waals surface area contributed by atoms with Crippen molar-refractivity contribution in [1.29, 1.82) is 0 Å². The first-order valence-corrected chi connectivity index (χ1v) is 6.77. The van der Waals surface area contributed by atoms with Gasteiger partial charge in [0.05, 0.1) is 12.4 Å². The third-order valence-corrected chi connectivity index (χ3v) is 2.16. The Labute approximate surface area is 123 Å². The van der Waals surface area contributed by atoms with Crippen molar-refractivity contribution in [2.45, 2.75) is 0 Å². The molecule has 0 saturated carbocycles. The molecule has 4 rings (SSSR count). The number of nitrogens with zero attached hydrogens (tertiary/aromatic N) is 2. The molecule has 110 valence electrons. The van der Waals surface area contributed by atoms with Gasteiger partial charge in [0.25, 0.3) is 8.43 Å². The molecule has 0 bridgehead atoms. The van der Waals surface area contributed by atoms with Gasteiger partial charge in [0, 0.05) is 12.3 Å². The Balaban J connectivity index is 0.000000140. The lowest BCUT2D eigenvalue weighted by Crippen LogP contribution is -2.01. The quantitative estimate of drug-likeness (QED) is 0.680. The zero-order chi connectivity index (χ0) is 14.8. The van der Waals surface area contributed by atoms with Gasteiger partial charge in [-0.2, -0.15) is 0 Å². The van der Waals surface area contributed by atoms with Gasteiger partial charge in [0.15, 0.2) is 18.5 Å². The monoisotopic (exact) mass is 308 g/mol. The highest BCUT2D eigenvalue weighted by Crippen LogP contribution is 1.99. The van der Waals surface area contributed by atoms with E-state index in [2.05, 4.69) is 29.4 Å². The van der Waals surface area contributed by atoms with Gasteiger partial charge in [0.2, 0.25) is 0 Å². The molecule has 0 saturated heterocycles. The number of aromatic nitrogens is 2. The lowest BCUT2D eigenvalue weighted by Gasteiger charge is -1.97. The van der Waals surface area contributed by atoms with E-state index in [4.69, 9.17) is 4.20 Å². The molecule has 0 amide bonds. The molecule has 0 aromatic carbocycles. The first-order chi connectivity index (χ1) is 10.5. The number of oxazole rings is 1. The minimum absolute atomic E-state index is 0.573. The summed E-state index contributed by atoms with van der Waals surface area (Å²) in [6.07, 6.45) is 16.2. The molecule has 0 spiro atoms. The molecule has 3 aromatic heterocycles. The molecular formula is C13H15N3O4P+. The van der Waals surface area contributed by atoms with Crippen molar-refractivity contribution in [1.82, 2.24) is 15.6 Å². The fourth-order valence-electron chi connectivity index (χ4n) is 0.806. The maximum atomic E-state index is 4.74. The van der Waals surface area contributed by atoms with Crippen molar-refractivity contribution in [2.24, 2.45) is 0 Å². The van der Waals surface area contributed by atoms with Gasteiger partial charge >= 0.3 is 0 Å². The van der Waals surface area contributed by atoms with Crippen LogP contribution in [0.1, 0.15) is 0 Å². The molecule has 4 heterocycles. The minimum atomic E-state index is 0.573. The number of nitrogens with one attached hydrogen (secondary N) is 1. The summed E-state index contributed by atoms with van der Waals surface area (Å²) in [6, 6.07) is 3.62. The van der Waals surface area contributed by atoms with E-state index in [1.807, 2.05) is 17.9 Å². The molecular weight excluding hydrogens is 293 g/mol. The number of allylic oxidation sites excluding steroid dienone is 2. The van der Waals surface area contributed by atoms with Crippen molar-refractivity contribution in [3.63, 3.8) is 0 Å². The van der Waals surface area contributed by atoms with Crippen LogP contribution in [0.2, 0.25) is 0 Å². The molecule has 0 radical (unpaired) electrons. The zero-order valence-corrected chi connectivity index (χ0v) is 12.0. The van der Waals surface area contributed by atoms with Crippen LogP contribution >= 0.6 is 8.43 Å². The predicted octanol–water partition coefficient (Wildman–Crippen LogP) is 3.49. The lowest BCUT2D eigenvalue weighted by molar-refractivity contribution is 0.172. The van der Waals surface area contributed by atoms with E-state index in [-0.39, 0.29) is 0 Å². The van der Waals surface area contributed by atoms with Crippen molar-refractivity contribution >= 4 is 8.43 Å². The molecule has 1 atom stereocenters. The van der Waals surface area contributed by atoms with Gasteiger partial charge < -0.3 is 18.0 Å².